The van der Waals surface area contributed by atoms with Crippen LogP contribution in [0.5, 0.6) is 0 Å². The van der Waals surface area contributed by atoms with Crippen molar-refractivity contribution in [1.29, 1.82) is 0 Å². The van der Waals surface area contributed by atoms with E-state index in [1.807, 2.05) is 33.8 Å². The van der Waals surface area contributed by atoms with Crippen LogP contribution in [0.25, 0.3) is 21.9 Å². The van der Waals surface area contributed by atoms with Gasteiger partial charge in [0, 0.05) is 28.3 Å². The first-order valence-electron chi connectivity index (χ1n) is 9.09. The molecule has 148 valence electrons. The van der Waals surface area contributed by atoms with Crippen molar-refractivity contribution in [1.82, 2.24) is 5.32 Å². The summed E-state index contributed by atoms with van der Waals surface area (Å²) in [5.41, 5.74) is 3.68. The van der Waals surface area contributed by atoms with E-state index in [0.717, 1.165) is 33.2 Å². The normalized spacial score (nSPS) is 12.5. The van der Waals surface area contributed by atoms with Crippen molar-refractivity contribution in [2.24, 2.45) is 0 Å². The van der Waals surface area contributed by atoms with Gasteiger partial charge in [0.25, 0.3) is 0 Å². The van der Waals surface area contributed by atoms with E-state index in [2.05, 4.69) is 5.32 Å². The van der Waals surface area contributed by atoms with Crippen LogP contribution in [-0.4, -0.2) is 23.0 Å². The van der Waals surface area contributed by atoms with Crippen molar-refractivity contribution < 1.29 is 23.5 Å². The van der Waals surface area contributed by atoms with Gasteiger partial charge in [-0.1, -0.05) is 0 Å². The third-order valence-electron chi connectivity index (χ3n) is 5.29. The predicted octanol–water partition coefficient (Wildman–Crippen LogP) is 3.29. The van der Waals surface area contributed by atoms with Crippen LogP contribution < -0.4 is 10.9 Å². The van der Waals surface area contributed by atoms with Crippen LogP contribution in [0.3, 0.4) is 0 Å². The van der Waals surface area contributed by atoms with Crippen molar-refractivity contribution in [3.05, 3.63) is 44.5 Å². The first kappa shape index (κ1) is 19.7. The van der Waals surface area contributed by atoms with E-state index in [9.17, 15) is 14.4 Å². The van der Waals surface area contributed by atoms with E-state index in [4.69, 9.17) is 13.9 Å². The Morgan fingerprint density at radius 3 is 2.29 bits per heavy atom. The van der Waals surface area contributed by atoms with Gasteiger partial charge in [0.05, 0.1) is 0 Å². The molecule has 1 aromatic carbocycles. The van der Waals surface area contributed by atoms with Gasteiger partial charge in [-0.15, -0.1) is 0 Å². The number of aryl methyl sites for hydroxylation is 4. The summed E-state index contributed by atoms with van der Waals surface area (Å²) in [5, 5.41) is 13.0. The third-order valence-corrected chi connectivity index (χ3v) is 5.29. The summed E-state index contributed by atoms with van der Waals surface area (Å²) >= 11 is 0. The van der Waals surface area contributed by atoms with Crippen LogP contribution in [0.4, 0.5) is 0 Å². The number of hydrogen-bond acceptors (Lipinski definition) is 5. The molecule has 0 aliphatic rings. The maximum absolute atomic E-state index is 12.5. The Morgan fingerprint density at radius 1 is 1.04 bits per heavy atom. The first-order chi connectivity index (χ1) is 13.1. The van der Waals surface area contributed by atoms with E-state index in [-0.39, 0.29) is 12.8 Å². The molecule has 0 unspecified atom stereocenters. The second kappa shape index (κ2) is 7.14. The lowest BCUT2D eigenvalue weighted by molar-refractivity contribution is -0.141. The number of carbonyl (C=O) groups is 2. The van der Waals surface area contributed by atoms with Crippen LogP contribution in [0.2, 0.25) is 0 Å². The molecule has 2 N–H and O–H groups in total. The summed E-state index contributed by atoms with van der Waals surface area (Å²) in [6.45, 7) is 8.95. The zero-order valence-electron chi connectivity index (χ0n) is 16.6. The average Bonchev–Trinajstić information content (AvgIpc) is 2.91. The van der Waals surface area contributed by atoms with Gasteiger partial charge in [-0.05, 0) is 58.2 Å². The van der Waals surface area contributed by atoms with Crippen LogP contribution in [0.1, 0.15) is 41.4 Å². The molecular weight excluding hydrogens is 362 g/mol. The molecule has 1 atom stereocenters. The van der Waals surface area contributed by atoms with Crippen LogP contribution in [-0.2, 0) is 16.0 Å². The SMILES string of the molecule is Cc1oc2c(C)c3oc(=O)c(CCC(=O)N[C@@H](C)C(=O)O)c(C)c3cc2c1C. The van der Waals surface area contributed by atoms with Gasteiger partial charge in [-0.25, -0.2) is 4.79 Å². The number of furan rings is 1. The number of carboxylic acid groups (broad SMARTS) is 1. The Labute approximate surface area is 161 Å². The van der Waals surface area contributed by atoms with E-state index in [1.54, 1.807) is 0 Å². The number of rotatable bonds is 5. The van der Waals surface area contributed by atoms with Crippen molar-refractivity contribution >= 4 is 33.8 Å². The van der Waals surface area contributed by atoms with Crippen LogP contribution in [0.15, 0.2) is 19.7 Å². The highest BCUT2D eigenvalue weighted by Gasteiger charge is 2.20. The lowest BCUT2D eigenvalue weighted by Gasteiger charge is -2.11. The zero-order chi connectivity index (χ0) is 20.7. The van der Waals surface area contributed by atoms with E-state index in [0.29, 0.717) is 16.7 Å². The lowest BCUT2D eigenvalue weighted by atomic mass is 9.98. The second-order valence-electron chi connectivity index (χ2n) is 7.16. The maximum atomic E-state index is 12.5. The third kappa shape index (κ3) is 3.28. The number of nitrogens with one attached hydrogen (secondary N) is 1. The summed E-state index contributed by atoms with van der Waals surface area (Å²) in [6, 6.07) is 0.975. The summed E-state index contributed by atoms with van der Waals surface area (Å²) in [5.74, 6) is -0.723. The smallest absolute Gasteiger partial charge is 0.339 e. The molecule has 28 heavy (non-hydrogen) atoms. The molecule has 3 aromatic rings. The van der Waals surface area contributed by atoms with Crippen molar-refractivity contribution in [2.45, 2.75) is 53.5 Å². The molecule has 7 nitrogen and oxygen atoms in total. The molecule has 0 aliphatic carbocycles. The fourth-order valence-electron chi connectivity index (χ4n) is 3.40. The molecule has 0 saturated carbocycles. The second-order valence-corrected chi connectivity index (χ2v) is 7.16. The standard InChI is InChI=1S/C21H23NO6/c1-9-13(5)27-18-11(3)19-16(8-15(9)18)10(2)14(21(26)28-19)6-7-17(23)22-12(4)20(24)25/h8,12H,6-7H2,1-5H3,(H,22,23)(H,24,25)/t12-/m0/s1. The van der Waals surface area contributed by atoms with Crippen molar-refractivity contribution in [3.8, 4) is 0 Å². The largest absolute Gasteiger partial charge is 0.480 e. The highest BCUT2D eigenvalue weighted by Crippen LogP contribution is 2.34. The molecule has 0 bridgehead atoms. The highest BCUT2D eigenvalue weighted by molar-refractivity contribution is 6.00. The van der Waals surface area contributed by atoms with Gasteiger partial charge in [-0.2, -0.15) is 0 Å². The van der Waals surface area contributed by atoms with E-state index < -0.39 is 23.5 Å². The fraction of sp³-hybridized carbons (Fsp3) is 0.381. The summed E-state index contributed by atoms with van der Waals surface area (Å²) in [7, 11) is 0. The van der Waals surface area contributed by atoms with Crippen molar-refractivity contribution in [3.63, 3.8) is 0 Å². The molecule has 3 rings (SSSR count). The van der Waals surface area contributed by atoms with Gasteiger partial charge < -0.3 is 19.3 Å². The number of carboxylic acids is 1. The molecule has 2 heterocycles. The van der Waals surface area contributed by atoms with Gasteiger partial charge in [0.1, 0.15) is 23.0 Å². The Morgan fingerprint density at radius 2 is 1.64 bits per heavy atom. The molecule has 0 aliphatic heterocycles. The summed E-state index contributed by atoms with van der Waals surface area (Å²) < 4.78 is 11.4. The zero-order valence-corrected chi connectivity index (χ0v) is 16.6. The fourth-order valence-corrected chi connectivity index (χ4v) is 3.40. The van der Waals surface area contributed by atoms with Crippen LogP contribution in [0, 0.1) is 27.7 Å². The topological polar surface area (TPSA) is 110 Å². The van der Waals surface area contributed by atoms with Gasteiger partial charge in [0.2, 0.25) is 5.91 Å². The molecule has 7 heteroatoms. The Kier molecular flexibility index (Phi) is 5.02. The summed E-state index contributed by atoms with van der Waals surface area (Å²) in [4.78, 5) is 35.4. The number of hydrogen-bond donors (Lipinski definition) is 2. The Bertz CT molecular complexity index is 1170. The highest BCUT2D eigenvalue weighted by atomic mass is 16.4. The quantitative estimate of drug-likeness (QED) is 0.652. The molecule has 0 spiro atoms. The Hall–Kier alpha value is -3.09. The van der Waals surface area contributed by atoms with Crippen molar-refractivity contribution in [2.75, 3.05) is 0 Å². The number of fused-ring (bicyclic) bond motifs is 2. The average molecular weight is 385 g/mol. The van der Waals surface area contributed by atoms with E-state index >= 15 is 0 Å². The molecule has 0 saturated heterocycles. The maximum Gasteiger partial charge on any atom is 0.339 e. The Balaban J connectivity index is 2.01. The monoisotopic (exact) mass is 385 g/mol. The van der Waals surface area contributed by atoms with Gasteiger partial charge in [-0.3, -0.25) is 9.59 Å². The van der Waals surface area contributed by atoms with E-state index in [1.165, 1.54) is 6.92 Å². The number of carbonyl (C=O) groups excluding carboxylic acids is 1. The minimum atomic E-state index is -1.11. The van der Waals surface area contributed by atoms with Crippen LogP contribution >= 0.6 is 0 Å². The predicted molar refractivity (Wildman–Crippen MR) is 105 cm³/mol. The number of benzene rings is 1. The van der Waals surface area contributed by atoms with Gasteiger partial charge in [0.15, 0.2) is 0 Å². The molecule has 0 radical (unpaired) electrons. The molecule has 0 fully saturated rings. The molecule has 2 aromatic heterocycles. The summed E-state index contributed by atoms with van der Waals surface area (Å²) in [6.07, 6.45) is 0.169. The minimum absolute atomic E-state index is 0.000199. The first-order valence-corrected chi connectivity index (χ1v) is 9.09. The minimum Gasteiger partial charge on any atom is -0.480 e. The molecular formula is C21H23NO6. The number of amides is 1. The van der Waals surface area contributed by atoms with Gasteiger partial charge >= 0.3 is 11.6 Å². The number of aliphatic carboxylic acids is 1. The molecule has 1 amide bonds. The lowest BCUT2D eigenvalue weighted by Crippen LogP contribution is -2.38.